The third-order valence-corrected chi connectivity index (χ3v) is 3.70. The highest BCUT2D eigenvalue weighted by molar-refractivity contribution is 7.13. The van der Waals surface area contributed by atoms with Crippen molar-refractivity contribution in [3.05, 3.63) is 29.3 Å². The molecule has 1 amide bonds. The summed E-state index contributed by atoms with van der Waals surface area (Å²) in [7, 11) is 0. The molecule has 0 radical (unpaired) electrons. The van der Waals surface area contributed by atoms with E-state index in [0.29, 0.717) is 11.5 Å². The molecule has 0 saturated carbocycles. The molecule has 2 aromatic heterocycles. The summed E-state index contributed by atoms with van der Waals surface area (Å²) in [5.74, 6) is -0.127. The van der Waals surface area contributed by atoms with Crippen LogP contribution in [-0.2, 0) is 20.9 Å². The van der Waals surface area contributed by atoms with Gasteiger partial charge in [-0.05, 0) is 11.4 Å². The minimum atomic E-state index is -0.560. The second-order valence-electron chi connectivity index (χ2n) is 4.33. The minimum absolute atomic E-state index is 0.000670. The Kier molecular flexibility index (Phi) is 3.78. The van der Waals surface area contributed by atoms with Crippen LogP contribution in [0.1, 0.15) is 18.5 Å². The third kappa shape index (κ3) is 3.16. The minimum Gasteiger partial charge on any atom is -0.455 e. The summed E-state index contributed by atoms with van der Waals surface area (Å²) in [5, 5.41) is 9.45. The van der Waals surface area contributed by atoms with Crippen molar-refractivity contribution >= 4 is 28.9 Å². The summed E-state index contributed by atoms with van der Waals surface area (Å²) in [6, 6.07) is 5.56. The number of amides is 1. The van der Waals surface area contributed by atoms with Gasteiger partial charge in [0, 0.05) is 18.9 Å². The number of nitrogens with zero attached hydrogens (tertiary/aromatic N) is 2. The summed E-state index contributed by atoms with van der Waals surface area (Å²) in [4.78, 5) is 23.6. The van der Waals surface area contributed by atoms with Crippen LogP contribution in [0.3, 0.4) is 0 Å². The summed E-state index contributed by atoms with van der Waals surface area (Å²) >= 11 is 1.54. The number of esters is 1. The molecule has 108 valence electrons. The Balaban J connectivity index is 1.58. The number of hydrogen-bond donors (Lipinski definition) is 1. The Hall–Kier alpha value is -2.48. The molecule has 2 aromatic rings. The van der Waals surface area contributed by atoms with E-state index in [1.54, 1.807) is 6.07 Å². The normalized spacial score (nSPS) is 14.5. The van der Waals surface area contributed by atoms with Gasteiger partial charge in [-0.2, -0.15) is 5.10 Å². The van der Waals surface area contributed by atoms with Crippen LogP contribution in [0, 0.1) is 0 Å². The number of hydrazone groups is 1. The van der Waals surface area contributed by atoms with Gasteiger partial charge in [0.2, 0.25) is 5.91 Å². The number of carbonyl (C=O) groups is 2. The molecule has 1 N–H and O–H groups in total. The SMILES string of the molecule is O=C1CCC(C(=O)OCc2cc(-c3cccs3)on2)=NN1. The fourth-order valence-corrected chi connectivity index (χ4v) is 2.43. The number of aromatic nitrogens is 1. The van der Waals surface area contributed by atoms with E-state index in [9.17, 15) is 9.59 Å². The van der Waals surface area contributed by atoms with Crippen LogP contribution < -0.4 is 5.43 Å². The lowest BCUT2D eigenvalue weighted by molar-refractivity contribution is -0.137. The average Bonchev–Trinajstić information content (AvgIpc) is 3.16. The lowest BCUT2D eigenvalue weighted by atomic mass is 10.2. The zero-order valence-electron chi connectivity index (χ0n) is 10.9. The van der Waals surface area contributed by atoms with Crippen molar-refractivity contribution in [2.45, 2.75) is 19.4 Å². The number of hydrogen-bond acceptors (Lipinski definition) is 7. The maximum Gasteiger partial charge on any atom is 0.354 e. The number of rotatable bonds is 4. The lowest BCUT2D eigenvalue weighted by Crippen LogP contribution is -2.30. The van der Waals surface area contributed by atoms with E-state index >= 15 is 0 Å². The topological polar surface area (TPSA) is 93.8 Å². The predicted octanol–water partition coefficient (Wildman–Crippen LogP) is 1.71. The molecule has 0 saturated heterocycles. The van der Waals surface area contributed by atoms with E-state index in [1.165, 1.54) is 11.3 Å². The van der Waals surface area contributed by atoms with Crippen LogP contribution in [-0.4, -0.2) is 22.7 Å². The molecule has 0 atom stereocenters. The van der Waals surface area contributed by atoms with Crippen LogP contribution in [0.25, 0.3) is 10.6 Å². The van der Waals surface area contributed by atoms with E-state index in [0.717, 1.165) is 4.88 Å². The molecular formula is C13H11N3O4S. The fourth-order valence-electron chi connectivity index (χ4n) is 1.76. The van der Waals surface area contributed by atoms with Crippen molar-refractivity contribution in [3.63, 3.8) is 0 Å². The maximum absolute atomic E-state index is 11.8. The Labute approximate surface area is 123 Å². The predicted molar refractivity (Wildman–Crippen MR) is 74.4 cm³/mol. The number of thiophene rings is 1. The number of carbonyl (C=O) groups excluding carboxylic acids is 2. The Bertz CT molecular complexity index is 690. The maximum atomic E-state index is 11.8. The highest BCUT2D eigenvalue weighted by atomic mass is 32.1. The third-order valence-electron chi connectivity index (χ3n) is 2.81. The van der Waals surface area contributed by atoms with Crippen molar-refractivity contribution in [1.82, 2.24) is 10.6 Å². The smallest absolute Gasteiger partial charge is 0.354 e. The standard InChI is InChI=1S/C13H11N3O4S/c17-12-4-3-9(14-15-12)13(18)19-7-8-6-10(20-16-8)11-2-1-5-21-11/h1-2,5-6H,3-4,7H2,(H,15,17). The Morgan fingerprint density at radius 2 is 2.38 bits per heavy atom. The van der Waals surface area contributed by atoms with Gasteiger partial charge in [0.05, 0.1) is 4.88 Å². The first-order chi connectivity index (χ1) is 10.2. The van der Waals surface area contributed by atoms with Crippen LogP contribution in [0.15, 0.2) is 33.2 Å². The van der Waals surface area contributed by atoms with Gasteiger partial charge in [-0.1, -0.05) is 11.2 Å². The molecule has 3 rings (SSSR count). The monoisotopic (exact) mass is 305 g/mol. The molecular weight excluding hydrogens is 294 g/mol. The van der Waals surface area contributed by atoms with Gasteiger partial charge in [0.15, 0.2) is 5.76 Å². The van der Waals surface area contributed by atoms with E-state index in [1.807, 2.05) is 17.5 Å². The van der Waals surface area contributed by atoms with Crippen LogP contribution in [0.5, 0.6) is 0 Å². The van der Waals surface area contributed by atoms with Gasteiger partial charge in [-0.3, -0.25) is 4.79 Å². The van der Waals surface area contributed by atoms with Gasteiger partial charge < -0.3 is 9.26 Å². The largest absolute Gasteiger partial charge is 0.455 e. The first-order valence-electron chi connectivity index (χ1n) is 6.24. The van der Waals surface area contributed by atoms with E-state index < -0.39 is 5.97 Å². The van der Waals surface area contributed by atoms with Gasteiger partial charge in [-0.15, -0.1) is 11.3 Å². The second-order valence-corrected chi connectivity index (χ2v) is 5.28. The fraction of sp³-hybridized carbons (Fsp3) is 0.231. The molecule has 0 aliphatic carbocycles. The summed E-state index contributed by atoms with van der Waals surface area (Å²) in [6.45, 7) is 0.000670. The van der Waals surface area contributed by atoms with Crippen molar-refractivity contribution in [2.24, 2.45) is 5.10 Å². The first kappa shape index (κ1) is 13.5. The van der Waals surface area contributed by atoms with Crippen molar-refractivity contribution in [3.8, 4) is 10.6 Å². The van der Waals surface area contributed by atoms with E-state index in [2.05, 4.69) is 15.7 Å². The molecule has 21 heavy (non-hydrogen) atoms. The van der Waals surface area contributed by atoms with Crippen LogP contribution in [0.2, 0.25) is 0 Å². The van der Waals surface area contributed by atoms with Gasteiger partial charge in [0.25, 0.3) is 0 Å². The molecule has 0 unspecified atom stereocenters. The first-order valence-corrected chi connectivity index (χ1v) is 7.12. The van der Waals surface area contributed by atoms with Gasteiger partial charge in [-0.25, -0.2) is 10.2 Å². The molecule has 0 spiro atoms. The van der Waals surface area contributed by atoms with Crippen LogP contribution in [0.4, 0.5) is 0 Å². The number of nitrogens with one attached hydrogen (secondary N) is 1. The van der Waals surface area contributed by atoms with Gasteiger partial charge in [0.1, 0.15) is 18.0 Å². The van der Waals surface area contributed by atoms with Crippen molar-refractivity contribution in [1.29, 1.82) is 0 Å². The molecule has 1 aliphatic heterocycles. The van der Waals surface area contributed by atoms with E-state index in [-0.39, 0.29) is 31.1 Å². The second kappa shape index (κ2) is 5.88. The van der Waals surface area contributed by atoms with Crippen molar-refractivity contribution in [2.75, 3.05) is 0 Å². The molecule has 0 bridgehead atoms. The van der Waals surface area contributed by atoms with E-state index in [4.69, 9.17) is 9.26 Å². The van der Waals surface area contributed by atoms with Gasteiger partial charge >= 0.3 is 5.97 Å². The Morgan fingerprint density at radius 1 is 1.48 bits per heavy atom. The van der Waals surface area contributed by atoms with Crippen LogP contribution >= 0.6 is 11.3 Å². The molecule has 0 aromatic carbocycles. The molecule has 3 heterocycles. The summed E-state index contributed by atoms with van der Waals surface area (Å²) in [5.41, 5.74) is 2.97. The highest BCUT2D eigenvalue weighted by Crippen LogP contribution is 2.25. The quantitative estimate of drug-likeness (QED) is 0.868. The number of ether oxygens (including phenoxy) is 1. The lowest BCUT2D eigenvalue weighted by Gasteiger charge is -2.10. The Morgan fingerprint density at radius 3 is 3.10 bits per heavy atom. The zero-order chi connectivity index (χ0) is 14.7. The summed E-state index contributed by atoms with van der Waals surface area (Å²) in [6.07, 6.45) is 0.518. The molecule has 7 nitrogen and oxygen atoms in total. The average molecular weight is 305 g/mol. The zero-order valence-corrected chi connectivity index (χ0v) is 11.7. The van der Waals surface area contributed by atoms with Crippen molar-refractivity contribution < 1.29 is 18.8 Å². The molecule has 0 fully saturated rings. The molecule has 1 aliphatic rings. The summed E-state index contributed by atoms with van der Waals surface area (Å²) < 4.78 is 10.3. The molecule has 8 heteroatoms. The highest BCUT2D eigenvalue weighted by Gasteiger charge is 2.20.